The molecular formula is C18H17ClN4. The zero-order chi connectivity index (χ0) is 15.6. The van der Waals surface area contributed by atoms with Crippen LogP contribution >= 0.6 is 11.6 Å². The van der Waals surface area contributed by atoms with E-state index in [0.717, 1.165) is 48.1 Å². The molecule has 1 aliphatic carbocycles. The number of nitrogens with zero attached hydrogens (tertiary/aromatic N) is 3. The maximum Gasteiger partial charge on any atom is 0.129 e. The van der Waals surface area contributed by atoms with Crippen LogP contribution in [0.4, 0.5) is 0 Å². The quantitative estimate of drug-likeness (QED) is 0.744. The minimum Gasteiger partial charge on any atom is -0.304 e. The largest absolute Gasteiger partial charge is 0.304 e. The van der Waals surface area contributed by atoms with E-state index in [-0.39, 0.29) is 6.04 Å². The van der Waals surface area contributed by atoms with E-state index >= 15 is 0 Å². The van der Waals surface area contributed by atoms with Gasteiger partial charge in [-0.1, -0.05) is 23.7 Å². The van der Waals surface area contributed by atoms with Gasteiger partial charge in [0, 0.05) is 24.3 Å². The molecule has 0 fully saturated rings. The van der Waals surface area contributed by atoms with Crippen molar-refractivity contribution in [3.63, 3.8) is 0 Å². The van der Waals surface area contributed by atoms with Gasteiger partial charge in [-0.2, -0.15) is 0 Å². The van der Waals surface area contributed by atoms with Crippen LogP contribution < -0.4 is 5.32 Å². The smallest absolute Gasteiger partial charge is 0.129 e. The van der Waals surface area contributed by atoms with Crippen molar-refractivity contribution in [1.29, 1.82) is 0 Å². The Morgan fingerprint density at radius 3 is 2.96 bits per heavy atom. The first-order valence-corrected chi connectivity index (χ1v) is 8.26. The maximum atomic E-state index is 5.98. The minimum absolute atomic E-state index is 0.274. The highest BCUT2D eigenvalue weighted by Gasteiger charge is 2.21. The van der Waals surface area contributed by atoms with E-state index in [4.69, 9.17) is 11.6 Å². The topological polar surface area (TPSA) is 50.7 Å². The number of nitrogens with one attached hydrogen (secondary N) is 1. The Kier molecular flexibility index (Phi) is 3.93. The first kappa shape index (κ1) is 14.5. The summed E-state index contributed by atoms with van der Waals surface area (Å²) in [6, 6.07) is 10.4. The molecule has 1 aliphatic rings. The standard InChI is InChI=1S/C18H17ClN4/c19-17-7-6-13-5-4-12(10-16(13)23-17)11-22-15-3-1-2-14-18(15)21-9-8-20-14/h4-10,15,22H,1-3,11H2/t15-/m1/s1. The summed E-state index contributed by atoms with van der Waals surface area (Å²) in [6.07, 6.45) is 6.84. The fraction of sp³-hybridized carbons (Fsp3) is 0.278. The lowest BCUT2D eigenvalue weighted by Gasteiger charge is -2.24. The summed E-state index contributed by atoms with van der Waals surface area (Å²) >= 11 is 5.98. The molecule has 1 atom stereocenters. The van der Waals surface area contributed by atoms with E-state index in [1.807, 2.05) is 12.1 Å². The van der Waals surface area contributed by atoms with Gasteiger partial charge >= 0.3 is 0 Å². The second-order valence-electron chi connectivity index (χ2n) is 5.88. The van der Waals surface area contributed by atoms with Crippen molar-refractivity contribution < 1.29 is 0 Å². The molecule has 0 saturated carbocycles. The van der Waals surface area contributed by atoms with Crippen LogP contribution in [-0.2, 0) is 13.0 Å². The number of hydrogen-bond acceptors (Lipinski definition) is 4. The van der Waals surface area contributed by atoms with E-state index < -0.39 is 0 Å². The number of hydrogen-bond donors (Lipinski definition) is 1. The molecule has 116 valence electrons. The monoisotopic (exact) mass is 324 g/mol. The van der Waals surface area contributed by atoms with Crippen LogP contribution in [0.25, 0.3) is 10.9 Å². The lowest BCUT2D eigenvalue weighted by atomic mass is 9.95. The third-order valence-electron chi connectivity index (χ3n) is 4.32. The van der Waals surface area contributed by atoms with Crippen LogP contribution in [0.15, 0.2) is 42.7 Å². The zero-order valence-corrected chi connectivity index (χ0v) is 13.4. The predicted octanol–water partition coefficient (Wildman–Crippen LogP) is 3.85. The number of rotatable bonds is 3. The normalized spacial score (nSPS) is 17.2. The van der Waals surface area contributed by atoms with Crippen LogP contribution in [0.2, 0.25) is 5.15 Å². The number of pyridine rings is 1. The van der Waals surface area contributed by atoms with Crippen molar-refractivity contribution in [2.45, 2.75) is 31.8 Å². The van der Waals surface area contributed by atoms with Gasteiger partial charge in [0.2, 0.25) is 0 Å². The summed E-state index contributed by atoms with van der Waals surface area (Å²) < 4.78 is 0. The summed E-state index contributed by atoms with van der Waals surface area (Å²) in [4.78, 5) is 13.4. The Hall–Kier alpha value is -2.04. The van der Waals surface area contributed by atoms with Crippen LogP contribution in [-0.4, -0.2) is 15.0 Å². The van der Waals surface area contributed by atoms with E-state index in [2.05, 4.69) is 38.5 Å². The molecule has 4 rings (SSSR count). The molecule has 5 heteroatoms. The van der Waals surface area contributed by atoms with Crippen molar-refractivity contribution >= 4 is 22.5 Å². The number of fused-ring (bicyclic) bond motifs is 2. The van der Waals surface area contributed by atoms with Crippen molar-refractivity contribution in [2.24, 2.45) is 0 Å². The van der Waals surface area contributed by atoms with Crippen molar-refractivity contribution in [3.05, 3.63) is 64.8 Å². The summed E-state index contributed by atoms with van der Waals surface area (Å²) in [5, 5.41) is 5.24. The zero-order valence-electron chi connectivity index (χ0n) is 12.7. The third-order valence-corrected chi connectivity index (χ3v) is 4.53. The van der Waals surface area contributed by atoms with Gasteiger partial charge in [-0.3, -0.25) is 9.97 Å². The van der Waals surface area contributed by atoms with E-state index in [9.17, 15) is 0 Å². The van der Waals surface area contributed by atoms with Gasteiger partial charge in [0.25, 0.3) is 0 Å². The highest BCUT2D eigenvalue weighted by molar-refractivity contribution is 6.29. The first-order chi connectivity index (χ1) is 11.3. The van der Waals surface area contributed by atoms with Gasteiger partial charge in [0.15, 0.2) is 0 Å². The maximum absolute atomic E-state index is 5.98. The Balaban J connectivity index is 1.53. The Morgan fingerprint density at radius 1 is 1.13 bits per heavy atom. The summed E-state index contributed by atoms with van der Waals surface area (Å²) in [7, 11) is 0. The molecule has 2 aromatic heterocycles. The molecular weight excluding hydrogens is 308 g/mol. The molecule has 3 aromatic rings. The molecule has 23 heavy (non-hydrogen) atoms. The van der Waals surface area contributed by atoms with Crippen LogP contribution in [0.3, 0.4) is 0 Å². The third kappa shape index (κ3) is 3.05. The molecule has 0 unspecified atom stereocenters. The van der Waals surface area contributed by atoms with Crippen LogP contribution in [0, 0.1) is 0 Å². The highest BCUT2D eigenvalue weighted by Crippen LogP contribution is 2.26. The average Bonchev–Trinajstić information content (AvgIpc) is 2.59. The predicted molar refractivity (Wildman–Crippen MR) is 91.3 cm³/mol. The first-order valence-electron chi connectivity index (χ1n) is 7.88. The van der Waals surface area contributed by atoms with Crippen LogP contribution in [0.5, 0.6) is 0 Å². The second kappa shape index (κ2) is 6.22. The minimum atomic E-state index is 0.274. The average molecular weight is 325 g/mol. The molecule has 0 spiro atoms. The van der Waals surface area contributed by atoms with Gasteiger partial charge < -0.3 is 5.32 Å². The second-order valence-corrected chi connectivity index (χ2v) is 6.26. The molecule has 0 aliphatic heterocycles. The van der Waals surface area contributed by atoms with E-state index in [1.54, 1.807) is 12.4 Å². The van der Waals surface area contributed by atoms with Crippen molar-refractivity contribution in [3.8, 4) is 0 Å². The SMILES string of the molecule is Clc1ccc2ccc(CN[C@@H]3CCCc4nccnc43)cc2n1. The molecule has 0 bridgehead atoms. The fourth-order valence-corrected chi connectivity index (χ4v) is 3.31. The molecule has 1 N–H and O–H groups in total. The van der Waals surface area contributed by atoms with Crippen molar-refractivity contribution in [2.75, 3.05) is 0 Å². The molecule has 2 heterocycles. The van der Waals surface area contributed by atoms with Crippen LogP contribution in [0.1, 0.15) is 35.8 Å². The fourth-order valence-electron chi connectivity index (χ4n) is 3.16. The lowest BCUT2D eigenvalue weighted by Crippen LogP contribution is -2.26. The molecule has 0 amide bonds. The van der Waals surface area contributed by atoms with E-state index in [0.29, 0.717) is 5.15 Å². The molecule has 0 radical (unpaired) electrons. The van der Waals surface area contributed by atoms with Gasteiger partial charge in [0.05, 0.1) is 22.9 Å². The number of halogens is 1. The Bertz CT molecular complexity index is 849. The number of aryl methyl sites for hydroxylation is 1. The number of benzene rings is 1. The van der Waals surface area contributed by atoms with Gasteiger partial charge in [-0.25, -0.2) is 4.98 Å². The van der Waals surface area contributed by atoms with E-state index in [1.165, 1.54) is 5.56 Å². The summed E-state index contributed by atoms with van der Waals surface area (Å²) in [6.45, 7) is 0.783. The Morgan fingerprint density at radius 2 is 2.00 bits per heavy atom. The van der Waals surface area contributed by atoms with Gasteiger partial charge in [-0.05, 0) is 43.0 Å². The summed E-state index contributed by atoms with van der Waals surface area (Å²) in [5.74, 6) is 0. The highest BCUT2D eigenvalue weighted by atomic mass is 35.5. The van der Waals surface area contributed by atoms with Gasteiger partial charge in [0.1, 0.15) is 5.15 Å². The summed E-state index contributed by atoms with van der Waals surface area (Å²) in [5.41, 5.74) is 4.35. The number of aromatic nitrogens is 3. The molecule has 1 aromatic carbocycles. The molecule has 0 saturated heterocycles. The lowest BCUT2D eigenvalue weighted by molar-refractivity contribution is 0.442. The van der Waals surface area contributed by atoms with Crippen molar-refractivity contribution in [1.82, 2.24) is 20.3 Å². The molecule has 4 nitrogen and oxygen atoms in total. The van der Waals surface area contributed by atoms with Gasteiger partial charge in [-0.15, -0.1) is 0 Å². The Labute approximate surface area is 140 Å².